The highest BCUT2D eigenvalue weighted by Crippen LogP contribution is 2.08. The van der Waals surface area contributed by atoms with Crippen LogP contribution in [-0.4, -0.2) is 24.5 Å². The summed E-state index contributed by atoms with van der Waals surface area (Å²) in [5.41, 5.74) is 0. The van der Waals surface area contributed by atoms with Gasteiger partial charge in [-0.15, -0.1) is 0 Å². The van der Waals surface area contributed by atoms with Crippen molar-refractivity contribution in [2.45, 2.75) is 66.7 Å². The van der Waals surface area contributed by atoms with Gasteiger partial charge in [-0.05, 0) is 24.8 Å². The minimum Gasteiger partial charge on any atom is -0.303 e. The molecule has 0 aromatic carbocycles. The fourth-order valence-corrected chi connectivity index (χ4v) is 2.23. The van der Waals surface area contributed by atoms with Gasteiger partial charge < -0.3 is 4.90 Å². The molecule has 0 aromatic heterocycles. The highest BCUT2D eigenvalue weighted by Gasteiger charge is 2.08. The van der Waals surface area contributed by atoms with E-state index in [9.17, 15) is 0 Å². The quantitative estimate of drug-likeness (QED) is 0.494. The number of unbranched alkanes of at least 4 members (excludes halogenated alkanes) is 4. The summed E-state index contributed by atoms with van der Waals surface area (Å²) < 4.78 is 0. The van der Waals surface area contributed by atoms with E-state index in [0.29, 0.717) is 0 Å². The summed E-state index contributed by atoms with van der Waals surface area (Å²) in [6.45, 7) is 15.4. The van der Waals surface area contributed by atoms with Gasteiger partial charge in [-0.2, -0.15) is 0 Å². The number of hydrogen-bond donors (Lipinski definition) is 0. The maximum Gasteiger partial charge on any atom is 0.000449 e. The lowest BCUT2D eigenvalue weighted by molar-refractivity contribution is 0.215. The Balaban J connectivity index is 3.65. The first-order valence-electron chi connectivity index (χ1n) is 7.28. The second kappa shape index (κ2) is 10.1. The van der Waals surface area contributed by atoms with Crippen molar-refractivity contribution in [2.75, 3.05) is 19.6 Å². The van der Waals surface area contributed by atoms with E-state index in [1.165, 1.54) is 51.7 Å². The Hall–Kier alpha value is -0.0400. The van der Waals surface area contributed by atoms with Crippen LogP contribution in [0, 0.1) is 11.8 Å². The van der Waals surface area contributed by atoms with Gasteiger partial charge in [0.1, 0.15) is 0 Å². The van der Waals surface area contributed by atoms with Crippen LogP contribution in [-0.2, 0) is 0 Å². The zero-order chi connectivity index (χ0) is 12.4. The Bertz CT molecular complexity index is 130. The molecule has 1 nitrogen and oxygen atoms in total. The summed E-state index contributed by atoms with van der Waals surface area (Å²) in [5.74, 6) is 1.60. The Morgan fingerprint density at radius 3 is 1.69 bits per heavy atom. The SMILES string of the molecule is CCCCCCCN(CC(C)C)CC(C)C. The minimum absolute atomic E-state index is 0.800. The maximum absolute atomic E-state index is 2.65. The average Bonchev–Trinajstić information content (AvgIpc) is 2.15. The molecule has 0 aromatic rings. The predicted octanol–water partition coefficient (Wildman–Crippen LogP) is 4.57. The van der Waals surface area contributed by atoms with E-state index in [1.807, 2.05) is 0 Å². The summed E-state index contributed by atoms with van der Waals surface area (Å²) in [6.07, 6.45) is 6.99. The van der Waals surface area contributed by atoms with E-state index < -0.39 is 0 Å². The van der Waals surface area contributed by atoms with E-state index in [2.05, 4.69) is 39.5 Å². The lowest BCUT2D eigenvalue weighted by Gasteiger charge is -2.26. The van der Waals surface area contributed by atoms with E-state index >= 15 is 0 Å². The molecule has 16 heavy (non-hydrogen) atoms. The maximum atomic E-state index is 2.65. The van der Waals surface area contributed by atoms with Crippen LogP contribution in [0.4, 0.5) is 0 Å². The van der Waals surface area contributed by atoms with Crippen molar-refractivity contribution in [2.24, 2.45) is 11.8 Å². The molecule has 0 aliphatic heterocycles. The summed E-state index contributed by atoms with van der Waals surface area (Å²) in [6, 6.07) is 0. The molecule has 0 rings (SSSR count). The molecule has 0 aliphatic carbocycles. The topological polar surface area (TPSA) is 3.24 Å². The van der Waals surface area contributed by atoms with Crippen molar-refractivity contribution in [3.63, 3.8) is 0 Å². The molecule has 98 valence electrons. The number of nitrogens with zero attached hydrogens (tertiary/aromatic N) is 1. The van der Waals surface area contributed by atoms with Gasteiger partial charge in [0.05, 0.1) is 0 Å². The van der Waals surface area contributed by atoms with Crippen molar-refractivity contribution >= 4 is 0 Å². The summed E-state index contributed by atoms with van der Waals surface area (Å²) >= 11 is 0. The second-order valence-corrected chi connectivity index (χ2v) is 5.96. The fourth-order valence-electron chi connectivity index (χ4n) is 2.23. The first kappa shape index (κ1) is 16.0. The van der Waals surface area contributed by atoms with Gasteiger partial charge in [0.25, 0.3) is 0 Å². The molecule has 0 aliphatic rings. The zero-order valence-electron chi connectivity index (χ0n) is 12.3. The second-order valence-electron chi connectivity index (χ2n) is 5.96. The molecule has 0 saturated heterocycles. The highest BCUT2D eigenvalue weighted by atomic mass is 15.1. The van der Waals surface area contributed by atoms with Gasteiger partial charge in [-0.1, -0.05) is 60.3 Å². The third-order valence-corrected chi connectivity index (χ3v) is 2.82. The molecule has 0 N–H and O–H groups in total. The van der Waals surface area contributed by atoms with Gasteiger partial charge in [0.2, 0.25) is 0 Å². The van der Waals surface area contributed by atoms with Crippen LogP contribution in [0.2, 0.25) is 0 Å². The van der Waals surface area contributed by atoms with Crippen LogP contribution >= 0.6 is 0 Å². The third-order valence-electron chi connectivity index (χ3n) is 2.82. The number of rotatable bonds is 10. The van der Waals surface area contributed by atoms with Crippen molar-refractivity contribution in [3.8, 4) is 0 Å². The Morgan fingerprint density at radius 2 is 1.25 bits per heavy atom. The molecule has 0 spiro atoms. The van der Waals surface area contributed by atoms with Gasteiger partial charge in [-0.3, -0.25) is 0 Å². The molecule has 0 bridgehead atoms. The van der Waals surface area contributed by atoms with Crippen molar-refractivity contribution in [1.82, 2.24) is 4.90 Å². The van der Waals surface area contributed by atoms with E-state index in [0.717, 1.165) is 11.8 Å². The first-order valence-corrected chi connectivity index (χ1v) is 7.28. The van der Waals surface area contributed by atoms with E-state index in [1.54, 1.807) is 0 Å². The third kappa shape index (κ3) is 10.5. The van der Waals surface area contributed by atoms with Crippen LogP contribution in [0.25, 0.3) is 0 Å². The van der Waals surface area contributed by atoms with Gasteiger partial charge in [-0.25, -0.2) is 0 Å². The van der Waals surface area contributed by atoms with Crippen molar-refractivity contribution < 1.29 is 0 Å². The molecule has 0 radical (unpaired) electrons. The Labute approximate surface area is 104 Å². The minimum atomic E-state index is 0.800. The molecule has 1 heteroatoms. The fraction of sp³-hybridized carbons (Fsp3) is 1.00. The Morgan fingerprint density at radius 1 is 0.750 bits per heavy atom. The van der Waals surface area contributed by atoms with Crippen LogP contribution < -0.4 is 0 Å². The summed E-state index contributed by atoms with van der Waals surface area (Å²) in [5, 5.41) is 0. The van der Waals surface area contributed by atoms with Gasteiger partial charge in [0, 0.05) is 13.1 Å². The predicted molar refractivity (Wildman–Crippen MR) is 74.9 cm³/mol. The van der Waals surface area contributed by atoms with Gasteiger partial charge >= 0.3 is 0 Å². The van der Waals surface area contributed by atoms with Crippen LogP contribution in [0.3, 0.4) is 0 Å². The van der Waals surface area contributed by atoms with E-state index in [-0.39, 0.29) is 0 Å². The molecule has 0 saturated carbocycles. The van der Waals surface area contributed by atoms with Crippen molar-refractivity contribution in [1.29, 1.82) is 0 Å². The molecular weight excluding hydrogens is 194 g/mol. The smallest absolute Gasteiger partial charge is 0.000449 e. The highest BCUT2D eigenvalue weighted by molar-refractivity contribution is 4.62. The first-order chi connectivity index (χ1) is 7.56. The monoisotopic (exact) mass is 227 g/mol. The number of hydrogen-bond acceptors (Lipinski definition) is 1. The molecule has 0 amide bonds. The molecular formula is C15H33N. The largest absolute Gasteiger partial charge is 0.303 e. The van der Waals surface area contributed by atoms with Crippen LogP contribution in [0.1, 0.15) is 66.7 Å². The Kier molecular flexibility index (Phi) is 10.1. The lowest BCUT2D eigenvalue weighted by Crippen LogP contribution is -2.32. The molecule has 0 fully saturated rings. The molecule has 0 unspecified atom stereocenters. The zero-order valence-corrected chi connectivity index (χ0v) is 12.3. The molecule has 0 heterocycles. The standard InChI is InChI=1S/C15H33N/c1-6-7-8-9-10-11-16(12-14(2)3)13-15(4)5/h14-15H,6-13H2,1-5H3. The van der Waals surface area contributed by atoms with Crippen molar-refractivity contribution in [3.05, 3.63) is 0 Å². The lowest BCUT2D eigenvalue weighted by atomic mass is 10.1. The molecule has 0 atom stereocenters. The van der Waals surface area contributed by atoms with Gasteiger partial charge in [0.15, 0.2) is 0 Å². The van der Waals surface area contributed by atoms with E-state index in [4.69, 9.17) is 0 Å². The van der Waals surface area contributed by atoms with Crippen LogP contribution in [0.15, 0.2) is 0 Å². The van der Waals surface area contributed by atoms with Crippen LogP contribution in [0.5, 0.6) is 0 Å². The summed E-state index contributed by atoms with van der Waals surface area (Å²) in [4.78, 5) is 2.65. The normalized spacial score (nSPS) is 12.0. The average molecular weight is 227 g/mol. The summed E-state index contributed by atoms with van der Waals surface area (Å²) in [7, 11) is 0.